The van der Waals surface area contributed by atoms with Gasteiger partial charge in [0.05, 0.1) is 19.1 Å². The number of nitrogens with two attached hydrogens (primary N) is 1. The second-order valence-electron chi connectivity index (χ2n) is 4.12. The van der Waals surface area contributed by atoms with Crippen LogP contribution in [0.4, 0.5) is 0 Å². The Bertz CT molecular complexity index is 271. The van der Waals surface area contributed by atoms with E-state index in [1.54, 1.807) is 0 Å². The highest BCUT2D eigenvalue weighted by atomic mass is 15.2. The van der Waals surface area contributed by atoms with E-state index in [2.05, 4.69) is 47.5 Å². The highest BCUT2D eigenvalue weighted by molar-refractivity contribution is 5.14. The molecule has 0 unspecified atom stereocenters. The van der Waals surface area contributed by atoms with Gasteiger partial charge in [-0.15, -0.1) is 0 Å². The van der Waals surface area contributed by atoms with E-state index in [9.17, 15) is 0 Å². The average Bonchev–Trinajstić information content (AvgIpc) is 2.23. The van der Waals surface area contributed by atoms with Gasteiger partial charge in [0, 0.05) is 13.1 Å². The molecule has 1 aromatic carbocycles. The maximum atomic E-state index is 2.56. The molecular weight excluding hydrogens is 172 g/mol. The zero-order valence-electron chi connectivity index (χ0n) is 8.82. The molecule has 0 bridgehead atoms. The van der Waals surface area contributed by atoms with Gasteiger partial charge in [-0.2, -0.15) is 0 Å². The summed E-state index contributed by atoms with van der Waals surface area (Å²) in [7, 11) is 0. The Morgan fingerprint density at radius 3 is 2.86 bits per heavy atom. The monoisotopic (exact) mass is 191 g/mol. The van der Waals surface area contributed by atoms with Crippen LogP contribution in [0, 0.1) is 0 Å². The molecule has 2 nitrogen and oxygen atoms in total. The minimum atomic E-state index is 0.712. The Hall–Kier alpha value is -0.860. The largest absolute Gasteiger partial charge is 0.344 e. The molecule has 2 rings (SSSR count). The van der Waals surface area contributed by atoms with E-state index in [-0.39, 0.29) is 0 Å². The Morgan fingerprint density at radius 2 is 2.14 bits per heavy atom. The van der Waals surface area contributed by atoms with Crippen molar-refractivity contribution >= 4 is 0 Å². The first-order valence-corrected chi connectivity index (χ1v) is 5.46. The Morgan fingerprint density at radius 1 is 1.36 bits per heavy atom. The summed E-state index contributed by atoms with van der Waals surface area (Å²) in [5.74, 6) is 0. The summed E-state index contributed by atoms with van der Waals surface area (Å²) >= 11 is 0. The van der Waals surface area contributed by atoms with Crippen LogP contribution in [0.15, 0.2) is 30.3 Å². The van der Waals surface area contributed by atoms with Crippen LogP contribution in [0.1, 0.15) is 12.5 Å². The molecule has 0 saturated carbocycles. The molecular formula is C12H19N2+. The third kappa shape index (κ3) is 2.34. The SMILES string of the molecule is C[C@H]1C[NH2+]CCN1Cc1ccccc1. The molecule has 1 saturated heterocycles. The van der Waals surface area contributed by atoms with Gasteiger partial charge in [-0.3, -0.25) is 4.90 Å². The molecule has 1 heterocycles. The van der Waals surface area contributed by atoms with Crippen LogP contribution < -0.4 is 5.32 Å². The lowest BCUT2D eigenvalue weighted by Gasteiger charge is -2.31. The first-order valence-electron chi connectivity index (χ1n) is 5.46. The summed E-state index contributed by atoms with van der Waals surface area (Å²) in [5.41, 5.74) is 1.43. The van der Waals surface area contributed by atoms with Gasteiger partial charge >= 0.3 is 0 Å². The average molecular weight is 191 g/mol. The Labute approximate surface area is 85.9 Å². The maximum Gasteiger partial charge on any atom is 0.0911 e. The lowest BCUT2D eigenvalue weighted by Crippen LogP contribution is -2.91. The molecule has 1 aromatic rings. The van der Waals surface area contributed by atoms with E-state index >= 15 is 0 Å². The van der Waals surface area contributed by atoms with Gasteiger partial charge in [0.25, 0.3) is 0 Å². The highest BCUT2D eigenvalue weighted by Gasteiger charge is 2.19. The first-order chi connectivity index (χ1) is 6.86. The van der Waals surface area contributed by atoms with Crippen molar-refractivity contribution in [2.45, 2.75) is 19.5 Å². The number of quaternary nitrogens is 1. The zero-order chi connectivity index (χ0) is 9.80. The smallest absolute Gasteiger partial charge is 0.0911 e. The van der Waals surface area contributed by atoms with E-state index in [0.717, 1.165) is 6.54 Å². The fourth-order valence-corrected chi connectivity index (χ4v) is 2.04. The molecule has 0 aromatic heterocycles. The molecule has 2 N–H and O–H groups in total. The number of nitrogens with zero attached hydrogens (tertiary/aromatic N) is 1. The van der Waals surface area contributed by atoms with Crippen LogP contribution in [0.3, 0.4) is 0 Å². The number of rotatable bonds is 2. The minimum Gasteiger partial charge on any atom is -0.344 e. The number of benzene rings is 1. The van der Waals surface area contributed by atoms with Crippen molar-refractivity contribution in [1.29, 1.82) is 0 Å². The summed E-state index contributed by atoms with van der Waals surface area (Å²) in [6.07, 6.45) is 0. The van der Waals surface area contributed by atoms with Gasteiger partial charge in [-0.05, 0) is 12.5 Å². The van der Waals surface area contributed by atoms with E-state index in [1.165, 1.54) is 25.2 Å². The van der Waals surface area contributed by atoms with E-state index in [0.29, 0.717) is 6.04 Å². The molecule has 1 aliphatic heterocycles. The van der Waals surface area contributed by atoms with Gasteiger partial charge in [-0.1, -0.05) is 30.3 Å². The van der Waals surface area contributed by atoms with Crippen molar-refractivity contribution in [2.75, 3.05) is 19.6 Å². The van der Waals surface area contributed by atoms with Gasteiger partial charge in [0.2, 0.25) is 0 Å². The van der Waals surface area contributed by atoms with Crippen molar-refractivity contribution in [3.8, 4) is 0 Å². The predicted octanol–water partition coefficient (Wildman–Crippen LogP) is 0.454. The Kier molecular flexibility index (Phi) is 3.17. The van der Waals surface area contributed by atoms with Gasteiger partial charge in [0.15, 0.2) is 0 Å². The summed E-state index contributed by atoms with van der Waals surface area (Å²) in [4.78, 5) is 2.56. The lowest BCUT2D eigenvalue weighted by molar-refractivity contribution is -0.668. The van der Waals surface area contributed by atoms with E-state index < -0.39 is 0 Å². The predicted molar refractivity (Wildman–Crippen MR) is 58.0 cm³/mol. The van der Waals surface area contributed by atoms with Crippen molar-refractivity contribution in [3.05, 3.63) is 35.9 Å². The standard InChI is InChI=1S/C12H18N2/c1-11-9-13-7-8-14(11)10-12-5-3-2-4-6-12/h2-6,11,13H,7-10H2,1H3/p+1/t11-/m0/s1. The third-order valence-electron chi connectivity index (χ3n) is 2.98. The molecule has 0 aliphatic carbocycles. The quantitative estimate of drug-likeness (QED) is 0.719. The molecule has 0 amide bonds. The first kappa shape index (κ1) is 9.69. The fraction of sp³-hybridized carbons (Fsp3) is 0.500. The third-order valence-corrected chi connectivity index (χ3v) is 2.98. The summed E-state index contributed by atoms with van der Waals surface area (Å²) < 4.78 is 0. The van der Waals surface area contributed by atoms with Crippen molar-refractivity contribution < 1.29 is 5.32 Å². The minimum absolute atomic E-state index is 0.712. The van der Waals surface area contributed by atoms with Crippen molar-refractivity contribution in [1.82, 2.24) is 4.90 Å². The second-order valence-corrected chi connectivity index (χ2v) is 4.12. The fourth-order valence-electron chi connectivity index (χ4n) is 2.04. The number of hydrogen-bond donors (Lipinski definition) is 1. The van der Waals surface area contributed by atoms with Crippen LogP contribution in [0.5, 0.6) is 0 Å². The number of hydrogen-bond acceptors (Lipinski definition) is 1. The molecule has 14 heavy (non-hydrogen) atoms. The highest BCUT2D eigenvalue weighted by Crippen LogP contribution is 2.07. The van der Waals surface area contributed by atoms with Crippen molar-refractivity contribution in [2.24, 2.45) is 0 Å². The van der Waals surface area contributed by atoms with E-state index in [4.69, 9.17) is 0 Å². The van der Waals surface area contributed by atoms with Crippen LogP contribution in [-0.2, 0) is 6.54 Å². The van der Waals surface area contributed by atoms with Crippen LogP contribution in [0.25, 0.3) is 0 Å². The van der Waals surface area contributed by atoms with E-state index in [1.807, 2.05) is 0 Å². The second kappa shape index (κ2) is 4.58. The van der Waals surface area contributed by atoms with Gasteiger partial charge in [0.1, 0.15) is 0 Å². The molecule has 1 fully saturated rings. The summed E-state index contributed by atoms with van der Waals surface area (Å²) in [6, 6.07) is 11.5. The van der Waals surface area contributed by atoms with Crippen LogP contribution in [-0.4, -0.2) is 30.6 Å². The summed E-state index contributed by atoms with van der Waals surface area (Å²) in [6.45, 7) is 7.13. The van der Waals surface area contributed by atoms with Crippen LogP contribution >= 0.6 is 0 Å². The normalized spacial score (nSPS) is 23.6. The van der Waals surface area contributed by atoms with Gasteiger partial charge < -0.3 is 5.32 Å². The molecule has 1 aliphatic rings. The lowest BCUT2D eigenvalue weighted by atomic mass is 10.1. The maximum absolute atomic E-state index is 2.56. The Balaban J connectivity index is 1.96. The molecule has 1 atom stereocenters. The topological polar surface area (TPSA) is 19.9 Å². The number of piperazine rings is 1. The van der Waals surface area contributed by atoms with Crippen LogP contribution in [0.2, 0.25) is 0 Å². The van der Waals surface area contributed by atoms with Gasteiger partial charge in [-0.25, -0.2) is 0 Å². The molecule has 2 heteroatoms. The molecule has 0 spiro atoms. The molecule has 76 valence electrons. The summed E-state index contributed by atoms with van der Waals surface area (Å²) in [5, 5.41) is 2.41. The van der Waals surface area contributed by atoms with Crippen molar-refractivity contribution in [3.63, 3.8) is 0 Å². The molecule has 0 radical (unpaired) electrons. The zero-order valence-corrected chi connectivity index (χ0v) is 8.82.